The maximum atomic E-state index is 13.0. The number of amides is 1. The van der Waals surface area contributed by atoms with Gasteiger partial charge in [0.1, 0.15) is 0 Å². The minimum Gasteiger partial charge on any atom is -0.481 e. The van der Waals surface area contributed by atoms with Crippen LogP contribution >= 0.6 is 0 Å². The van der Waals surface area contributed by atoms with E-state index in [4.69, 9.17) is 0 Å². The van der Waals surface area contributed by atoms with Crippen molar-refractivity contribution in [3.05, 3.63) is 29.8 Å². The van der Waals surface area contributed by atoms with Gasteiger partial charge in [0.15, 0.2) is 5.78 Å². The molecular weight excluding hydrogens is 306 g/mol. The fourth-order valence-electron chi connectivity index (χ4n) is 3.59. The fraction of sp³-hybridized carbons (Fsp3) is 0.526. The van der Waals surface area contributed by atoms with Gasteiger partial charge in [0.2, 0.25) is 5.91 Å². The summed E-state index contributed by atoms with van der Waals surface area (Å²) in [5.41, 5.74) is -1.41. The summed E-state index contributed by atoms with van der Waals surface area (Å²) in [5.74, 6) is -1.15. The highest BCUT2D eigenvalue weighted by atomic mass is 16.4. The van der Waals surface area contributed by atoms with Gasteiger partial charge in [0, 0.05) is 11.3 Å². The number of hydrogen-bond acceptors (Lipinski definition) is 3. The second-order valence-electron chi connectivity index (χ2n) is 7.69. The van der Waals surface area contributed by atoms with E-state index in [9.17, 15) is 19.5 Å². The molecule has 1 aliphatic rings. The average molecular weight is 331 g/mol. The Hall–Kier alpha value is -2.17. The number of carbonyl (C=O) groups is 3. The molecule has 1 amide bonds. The van der Waals surface area contributed by atoms with Crippen LogP contribution in [0.15, 0.2) is 24.3 Å². The molecule has 0 heterocycles. The molecule has 2 unspecified atom stereocenters. The lowest BCUT2D eigenvalue weighted by molar-refractivity contribution is -0.157. The third kappa shape index (κ3) is 2.52. The summed E-state index contributed by atoms with van der Waals surface area (Å²) < 4.78 is 0. The first kappa shape index (κ1) is 18.2. The standard InChI is InChI=1S/C19H25NO4/c1-12(21)13-7-6-8-14(11-13)20-15(22)18(4)9-10-19(5,16(23)24)17(18,2)3/h6-8,11H,9-10H2,1-5H3,(H,20,22)(H,23,24). The Bertz CT molecular complexity index is 709. The summed E-state index contributed by atoms with van der Waals surface area (Å²) in [6.07, 6.45) is 0.952. The first-order valence-corrected chi connectivity index (χ1v) is 8.11. The molecule has 0 bridgehead atoms. The van der Waals surface area contributed by atoms with Crippen LogP contribution in [0.25, 0.3) is 0 Å². The van der Waals surface area contributed by atoms with E-state index in [0.717, 1.165) is 0 Å². The van der Waals surface area contributed by atoms with Gasteiger partial charge in [-0.2, -0.15) is 0 Å². The van der Waals surface area contributed by atoms with Gasteiger partial charge in [-0.05, 0) is 44.2 Å². The normalized spacial score (nSPS) is 28.4. The average Bonchev–Trinajstić information content (AvgIpc) is 2.70. The summed E-state index contributed by atoms with van der Waals surface area (Å²) in [4.78, 5) is 36.2. The number of ketones is 1. The lowest BCUT2D eigenvalue weighted by Crippen LogP contribution is -2.49. The fourth-order valence-corrected chi connectivity index (χ4v) is 3.59. The SMILES string of the molecule is CC(=O)c1cccc(NC(=O)C2(C)CCC(C)(C(=O)O)C2(C)C)c1. The van der Waals surface area contributed by atoms with E-state index in [1.165, 1.54) is 6.92 Å². The van der Waals surface area contributed by atoms with Gasteiger partial charge in [0.05, 0.1) is 10.8 Å². The van der Waals surface area contributed by atoms with E-state index in [1.807, 2.05) is 20.8 Å². The van der Waals surface area contributed by atoms with E-state index in [2.05, 4.69) is 5.32 Å². The van der Waals surface area contributed by atoms with Crippen molar-refractivity contribution in [2.75, 3.05) is 5.32 Å². The molecule has 24 heavy (non-hydrogen) atoms. The molecule has 1 fully saturated rings. The minimum absolute atomic E-state index is 0.0723. The Morgan fingerprint density at radius 3 is 2.12 bits per heavy atom. The lowest BCUT2D eigenvalue weighted by atomic mass is 9.59. The van der Waals surface area contributed by atoms with Crippen molar-refractivity contribution in [1.82, 2.24) is 0 Å². The van der Waals surface area contributed by atoms with Crippen LogP contribution in [0.5, 0.6) is 0 Å². The zero-order valence-corrected chi connectivity index (χ0v) is 14.9. The largest absolute Gasteiger partial charge is 0.481 e. The maximum absolute atomic E-state index is 13.0. The van der Waals surface area contributed by atoms with Crippen molar-refractivity contribution < 1.29 is 19.5 Å². The number of carbonyl (C=O) groups excluding carboxylic acids is 2. The van der Waals surface area contributed by atoms with Gasteiger partial charge in [0.25, 0.3) is 0 Å². The molecule has 130 valence electrons. The first-order chi connectivity index (χ1) is 11.0. The van der Waals surface area contributed by atoms with Gasteiger partial charge in [-0.3, -0.25) is 14.4 Å². The van der Waals surface area contributed by atoms with Gasteiger partial charge in [-0.1, -0.05) is 32.9 Å². The molecule has 2 atom stereocenters. The van der Waals surface area contributed by atoms with Crippen LogP contribution in [-0.2, 0) is 9.59 Å². The monoisotopic (exact) mass is 331 g/mol. The number of aliphatic carboxylic acids is 1. The molecule has 1 saturated carbocycles. The third-order valence-electron chi connectivity index (χ3n) is 6.38. The second kappa shape index (κ2) is 5.72. The predicted octanol–water partition coefficient (Wildman–Crippen LogP) is 3.74. The zero-order valence-electron chi connectivity index (χ0n) is 14.9. The summed E-state index contributed by atoms with van der Waals surface area (Å²) in [5, 5.41) is 12.5. The topological polar surface area (TPSA) is 83.5 Å². The molecular formula is C19H25NO4. The molecule has 1 aromatic carbocycles. The number of Topliss-reactive ketones (excluding diaryl/α,β-unsaturated/α-hetero) is 1. The highest BCUT2D eigenvalue weighted by Gasteiger charge is 2.64. The van der Waals surface area contributed by atoms with E-state index >= 15 is 0 Å². The van der Waals surface area contributed by atoms with E-state index < -0.39 is 22.2 Å². The van der Waals surface area contributed by atoms with Crippen LogP contribution in [-0.4, -0.2) is 22.8 Å². The molecule has 1 aromatic rings. The zero-order chi connectivity index (χ0) is 18.3. The predicted molar refractivity (Wildman–Crippen MR) is 91.9 cm³/mol. The van der Waals surface area contributed by atoms with E-state index in [1.54, 1.807) is 31.2 Å². The number of hydrogen-bond donors (Lipinski definition) is 2. The van der Waals surface area contributed by atoms with Crippen LogP contribution in [0.3, 0.4) is 0 Å². The quantitative estimate of drug-likeness (QED) is 0.823. The molecule has 2 rings (SSSR count). The highest BCUT2D eigenvalue weighted by Crippen LogP contribution is 2.63. The van der Waals surface area contributed by atoms with Gasteiger partial charge in [-0.15, -0.1) is 0 Å². The molecule has 5 heteroatoms. The lowest BCUT2D eigenvalue weighted by Gasteiger charge is -2.44. The summed E-state index contributed by atoms with van der Waals surface area (Å²) in [6.45, 7) is 8.70. The Balaban J connectivity index is 2.31. The Labute approximate surface area is 142 Å². The number of benzene rings is 1. The van der Waals surface area contributed by atoms with Crippen molar-refractivity contribution in [2.24, 2.45) is 16.2 Å². The van der Waals surface area contributed by atoms with Gasteiger partial charge in [-0.25, -0.2) is 0 Å². The molecule has 0 saturated heterocycles. The van der Waals surface area contributed by atoms with Crippen molar-refractivity contribution in [3.8, 4) is 0 Å². The maximum Gasteiger partial charge on any atom is 0.309 e. The molecule has 1 aliphatic carbocycles. The number of carboxylic acid groups (broad SMARTS) is 1. The highest BCUT2D eigenvalue weighted by molar-refractivity contribution is 5.99. The molecule has 0 radical (unpaired) electrons. The van der Waals surface area contributed by atoms with Crippen LogP contribution in [0.2, 0.25) is 0 Å². The number of carboxylic acids is 1. The van der Waals surface area contributed by atoms with Crippen LogP contribution in [0.1, 0.15) is 57.8 Å². The molecule has 0 aromatic heterocycles. The van der Waals surface area contributed by atoms with Crippen LogP contribution < -0.4 is 5.32 Å². The van der Waals surface area contributed by atoms with Crippen molar-refractivity contribution >= 4 is 23.3 Å². The van der Waals surface area contributed by atoms with E-state index in [0.29, 0.717) is 24.1 Å². The first-order valence-electron chi connectivity index (χ1n) is 8.11. The van der Waals surface area contributed by atoms with Crippen LogP contribution in [0.4, 0.5) is 5.69 Å². The van der Waals surface area contributed by atoms with Crippen molar-refractivity contribution in [2.45, 2.75) is 47.5 Å². The summed E-state index contributed by atoms with van der Waals surface area (Å²) >= 11 is 0. The van der Waals surface area contributed by atoms with E-state index in [-0.39, 0.29) is 11.7 Å². The molecule has 0 aliphatic heterocycles. The molecule has 2 N–H and O–H groups in total. The minimum atomic E-state index is -0.958. The molecule has 5 nitrogen and oxygen atoms in total. The van der Waals surface area contributed by atoms with Crippen molar-refractivity contribution in [3.63, 3.8) is 0 Å². The number of anilines is 1. The second-order valence-corrected chi connectivity index (χ2v) is 7.69. The molecule has 0 spiro atoms. The summed E-state index contributed by atoms with van der Waals surface area (Å²) in [6, 6.07) is 6.78. The van der Waals surface area contributed by atoms with Gasteiger partial charge < -0.3 is 10.4 Å². The number of nitrogens with one attached hydrogen (secondary N) is 1. The summed E-state index contributed by atoms with van der Waals surface area (Å²) in [7, 11) is 0. The smallest absolute Gasteiger partial charge is 0.309 e. The third-order valence-corrected chi connectivity index (χ3v) is 6.38. The Morgan fingerprint density at radius 1 is 1.04 bits per heavy atom. The Kier molecular flexibility index (Phi) is 4.33. The van der Waals surface area contributed by atoms with Gasteiger partial charge >= 0.3 is 5.97 Å². The number of rotatable bonds is 4. The Morgan fingerprint density at radius 2 is 1.62 bits per heavy atom. The van der Waals surface area contributed by atoms with Crippen molar-refractivity contribution in [1.29, 1.82) is 0 Å². The van der Waals surface area contributed by atoms with Crippen LogP contribution in [0, 0.1) is 16.2 Å².